The van der Waals surface area contributed by atoms with Gasteiger partial charge < -0.3 is 10.2 Å². The quantitative estimate of drug-likeness (QED) is 0.644. The lowest BCUT2D eigenvalue weighted by Crippen LogP contribution is -2.54. The fourth-order valence-corrected chi connectivity index (χ4v) is 8.72. The Balaban J connectivity index is 1.15. The summed E-state index contributed by atoms with van der Waals surface area (Å²) in [6.45, 7) is 3.31. The Bertz CT molecular complexity index is 835. The molecule has 2 amide bonds. The zero-order valence-corrected chi connectivity index (χ0v) is 19.4. The summed E-state index contributed by atoms with van der Waals surface area (Å²) in [4.78, 5) is 32.2. The summed E-state index contributed by atoms with van der Waals surface area (Å²) >= 11 is 4.06. The number of pyridine rings is 1. The van der Waals surface area contributed by atoms with Gasteiger partial charge in [-0.15, -0.1) is 0 Å². The molecule has 4 saturated carbocycles. The summed E-state index contributed by atoms with van der Waals surface area (Å²) in [7, 11) is 0. The minimum atomic E-state index is -0.0401. The van der Waals surface area contributed by atoms with Crippen molar-refractivity contribution in [3.8, 4) is 0 Å². The van der Waals surface area contributed by atoms with Gasteiger partial charge in [-0.05, 0) is 87.7 Å². The highest BCUT2D eigenvalue weighted by Crippen LogP contribution is 2.65. The number of rotatable bonds is 4. The Labute approximate surface area is 187 Å². The molecule has 4 aliphatic carbocycles. The van der Waals surface area contributed by atoms with Crippen molar-refractivity contribution in [2.24, 2.45) is 23.2 Å². The van der Waals surface area contributed by atoms with Crippen LogP contribution in [0.2, 0.25) is 0 Å². The third kappa shape index (κ3) is 4.04. The first-order valence-electron chi connectivity index (χ1n) is 11.5. The number of carbonyl (C=O) groups is 2. The molecule has 30 heavy (non-hydrogen) atoms. The predicted molar refractivity (Wildman–Crippen MR) is 120 cm³/mol. The number of halogens is 1. The van der Waals surface area contributed by atoms with Gasteiger partial charge in [0.25, 0.3) is 0 Å². The number of piperidine rings is 1. The maximum Gasteiger partial charge on any atom is 0.228 e. The van der Waals surface area contributed by atoms with Gasteiger partial charge in [0.15, 0.2) is 0 Å². The van der Waals surface area contributed by atoms with Crippen molar-refractivity contribution in [2.45, 2.75) is 69.0 Å². The summed E-state index contributed by atoms with van der Waals surface area (Å²) in [6, 6.07) is 5.65. The molecule has 1 aromatic heterocycles. The molecule has 1 N–H and O–H groups in total. The molecule has 1 saturated heterocycles. The monoisotopic (exact) mass is 473 g/mol. The van der Waals surface area contributed by atoms with Crippen molar-refractivity contribution in [1.29, 1.82) is 0 Å². The van der Waals surface area contributed by atoms with Gasteiger partial charge in [-0.2, -0.15) is 0 Å². The van der Waals surface area contributed by atoms with E-state index in [2.05, 4.69) is 26.2 Å². The van der Waals surface area contributed by atoms with E-state index in [1.807, 2.05) is 30.0 Å². The van der Waals surface area contributed by atoms with Gasteiger partial charge in [-0.25, -0.2) is 4.98 Å². The van der Waals surface area contributed by atoms with Crippen LogP contribution in [0.25, 0.3) is 0 Å². The van der Waals surface area contributed by atoms with E-state index in [-0.39, 0.29) is 17.2 Å². The van der Waals surface area contributed by atoms with Gasteiger partial charge >= 0.3 is 0 Å². The maximum absolute atomic E-state index is 13.2. The second-order valence-corrected chi connectivity index (χ2v) is 12.3. The lowest BCUT2D eigenvalue weighted by atomic mass is 9.48. The number of aryl methyl sites for hydroxylation is 1. The molecular formula is C24H32BrN3O2. The summed E-state index contributed by atoms with van der Waals surface area (Å²) in [5.74, 6) is 2.53. The fraction of sp³-hybridized carbons (Fsp3) is 0.708. The number of alkyl halides is 1. The minimum Gasteiger partial charge on any atom is -0.343 e. The number of carbonyl (C=O) groups excluding carboxylic acids is 2. The Morgan fingerprint density at radius 1 is 1.17 bits per heavy atom. The number of anilines is 1. The molecule has 5 aliphatic rings. The molecule has 162 valence electrons. The molecule has 0 aromatic carbocycles. The average molecular weight is 474 g/mol. The van der Waals surface area contributed by atoms with Gasteiger partial charge in [0, 0.05) is 35.4 Å². The van der Waals surface area contributed by atoms with E-state index in [1.54, 1.807) is 0 Å². The summed E-state index contributed by atoms with van der Waals surface area (Å²) in [6.07, 6.45) is 9.81. The van der Waals surface area contributed by atoms with Gasteiger partial charge in [-0.1, -0.05) is 22.0 Å². The Morgan fingerprint density at radius 2 is 1.87 bits per heavy atom. The van der Waals surface area contributed by atoms with E-state index in [9.17, 15) is 9.59 Å². The molecule has 2 unspecified atom stereocenters. The van der Waals surface area contributed by atoms with E-state index >= 15 is 0 Å². The smallest absolute Gasteiger partial charge is 0.228 e. The first-order chi connectivity index (χ1) is 14.3. The number of amides is 2. The highest BCUT2D eigenvalue weighted by Gasteiger charge is 2.57. The SMILES string of the molecule is Cc1cccc(NC(=O)C2CCN(C(=O)CC34CC5CC(CC(Br)(C5)C3)C4)CC2)n1. The molecule has 5 nitrogen and oxygen atoms in total. The number of likely N-dealkylation sites (tertiary alicyclic amines) is 1. The van der Waals surface area contributed by atoms with E-state index in [1.165, 1.54) is 38.5 Å². The molecular weight excluding hydrogens is 442 g/mol. The van der Waals surface area contributed by atoms with Gasteiger partial charge in [0.2, 0.25) is 11.8 Å². The highest BCUT2D eigenvalue weighted by atomic mass is 79.9. The first-order valence-corrected chi connectivity index (χ1v) is 12.3. The van der Waals surface area contributed by atoms with Gasteiger partial charge in [0.05, 0.1) is 0 Å². The van der Waals surface area contributed by atoms with Crippen molar-refractivity contribution in [2.75, 3.05) is 18.4 Å². The Hall–Kier alpha value is -1.43. The van der Waals surface area contributed by atoms with Crippen LogP contribution >= 0.6 is 15.9 Å². The average Bonchev–Trinajstić information content (AvgIpc) is 2.66. The molecule has 0 spiro atoms. The van der Waals surface area contributed by atoms with Crippen molar-refractivity contribution in [3.05, 3.63) is 23.9 Å². The fourth-order valence-electron chi connectivity index (χ4n) is 7.21. The van der Waals surface area contributed by atoms with Crippen LogP contribution in [0.15, 0.2) is 18.2 Å². The van der Waals surface area contributed by atoms with Crippen molar-refractivity contribution < 1.29 is 9.59 Å². The lowest BCUT2D eigenvalue weighted by Gasteiger charge is -2.60. The van der Waals surface area contributed by atoms with E-state index < -0.39 is 0 Å². The van der Waals surface area contributed by atoms with Crippen LogP contribution in [0.4, 0.5) is 5.82 Å². The second kappa shape index (κ2) is 7.61. The van der Waals surface area contributed by atoms with Gasteiger partial charge in [-0.3, -0.25) is 9.59 Å². The molecule has 2 heterocycles. The predicted octanol–water partition coefficient (Wildman–Crippen LogP) is 4.69. The van der Waals surface area contributed by atoms with E-state index in [4.69, 9.17) is 0 Å². The Kier molecular flexibility index (Phi) is 5.19. The molecule has 6 rings (SSSR count). The molecule has 1 aliphatic heterocycles. The van der Waals surface area contributed by atoms with Crippen molar-refractivity contribution in [1.82, 2.24) is 9.88 Å². The largest absolute Gasteiger partial charge is 0.343 e. The molecule has 5 fully saturated rings. The number of hydrogen-bond acceptors (Lipinski definition) is 3. The van der Waals surface area contributed by atoms with Crippen molar-refractivity contribution >= 4 is 33.6 Å². The third-order valence-corrected chi connectivity index (χ3v) is 8.92. The number of nitrogens with zero attached hydrogens (tertiary/aromatic N) is 2. The molecule has 0 radical (unpaired) electrons. The summed E-state index contributed by atoms with van der Waals surface area (Å²) < 4.78 is 0.298. The summed E-state index contributed by atoms with van der Waals surface area (Å²) in [5.41, 5.74) is 1.11. The standard InChI is InChI=1S/C24H32BrN3O2/c1-16-3-2-4-20(26-16)27-22(30)19-5-7-28(8-6-19)21(29)14-23-10-17-9-18(11-23)13-24(25,12-17)15-23/h2-4,17-19H,5-15H2,1H3,(H,26,27,30). The molecule has 1 aromatic rings. The van der Waals surface area contributed by atoms with Crippen LogP contribution in [-0.2, 0) is 9.59 Å². The van der Waals surface area contributed by atoms with Crippen molar-refractivity contribution in [3.63, 3.8) is 0 Å². The highest BCUT2D eigenvalue weighted by molar-refractivity contribution is 9.10. The summed E-state index contributed by atoms with van der Waals surface area (Å²) in [5, 5.41) is 2.94. The maximum atomic E-state index is 13.2. The van der Waals surface area contributed by atoms with Crippen LogP contribution in [-0.4, -0.2) is 39.1 Å². The topological polar surface area (TPSA) is 62.3 Å². The van der Waals surface area contributed by atoms with Crippen LogP contribution in [0.5, 0.6) is 0 Å². The first kappa shape index (κ1) is 20.5. The normalized spacial score (nSPS) is 35.5. The Morgan fingerprint density at radius 3 is 2.50 bits per heavy atom. The zero-order chi connectivity index (χ0) is 20.9. The van der Waals surface area contributed by atoms with Crippen LogP contribution in [0.3, 0.4) is 0 Å². The van der Waals surface area contributed by atoms with E-state index in [0.29, 0.717) is 35.6 Å². The second-order valence-electron chi connectivity index (χ2n) is 10.6. The van der Waals surface area contributed by atoms with E-state index in [0.717, 1.165) is 30.4 Å². The molecule has 4 bridgehead atoms. The zero-order valence-electron chi connectivity index (χ0n) is 17.8. The molecule has 6 heteroatoms. The van der Waals surface area contributed by atoms with Gasteiger partial charge in [0.1, 0.15) is 5.82 Å². The van der Waals surface area contributed by atoms with Crippen LogP contribution in [0, 0.1) is 30.1 Å². The van der Waals surface area contributed by atoms with Crippen LogP contribution < -0.4 is 5.32 Å². The lowest BCUT2D eigenvalue weighted by molar-refractivity contribution is -0.141. The third-order valence-electron chi connectivity index (χ3n) is 8.00. The number of hydrogen-bond donors (Lipinski definition) is 1. The van der Waals surface area contributed by atoms with Crippen LogP contribution in [0.1, 0.15) is 63.5 Å². The number of aromatic nitrogens is 1. The molecule has 2 atom stereocenters. The minimum absolute atomic E-state index is 0.0301. The number of nitrogens with one attached hydrogen (secondary N) is 1.